The first kappa shape index (κ1) is 13.6. The Balaban J connectivity index is 1.85. The van der Waals surface area contributed by atoms with Crippen LogP contribution in [0, 0.1) is 0 Å². The molecule has 0 aromatic heterocycles. The van der Waals surface area contributed by atoms with E-state index in [1.165, 1.54) is 11.1 Å². The second-order valence-electron chi connectivity index (χ2n) is 4.48. The summed E-state index contributed by atoms with van der Waals surface area (Å²) in [7, 11) is 0. The van der Waals surface area contributed by atoms with Crippen LogP contribution in [0.2, 0.25) is 0 Å². The summed E-state index contributed by atoms with van der Waals surface area (Å²) in [5, 5.41) is 3.36. The van der Waals surface area contributed by atoms with Gasteiger partial charge in [0.1, 0.15) is 0 Å². The molecule has 0 saturated heterocycles. The molecule has 0 unspecified atom stereocenters. The Hall–Kier alpha value is -1.80. The van der Waals surface area contributed by atoms with Crippen LogP contribution in [0.3, 0.4) is 0 Å². The quantitative estimate of drug-likeness (QED) is 0.749. The van der Waals surface area contributed by atoms with Gasteiger partial charge in [-0.1, -0.05) is 49.4 Å². The van der Waals surface area contributed by atoms with E-state index >= 15 is 0 Å². The Morgan fingerprint density at radius 3 is 2.21 bits per heavy atom. The molecule has 2 nitrogen and oxygen atoms in total. The molecule has 2 aromatic rings. The third-order valence-electron chi connectivity index (χ3n) is 2.92. The minimum atomic E-state index is 0.758. The van der Waals surface area contributed by atoms with Gasteiger partial charge < -0.3 is 10.1 Å². The van der Waals surface area contributed by atoms with Crippen LogP contribution >= 0.6 is 0 Å². The van der Waals surface area contributed by atoms with Crippen molar-refractivity contribution in [2.75, 3.05) is 25.1 Å². The van der Waals surface area contributed by atoms with Gasteiger partial charge in [-0.2, -0.15) is 0 Å². The van der Waals surface area contributed by atoms with Crippen LogP contribution in [0.1, 0.15) is 13.3 Å². The van der Waals surface area contributed by atoms with Crippen LogP contribution in [-0.2, 0) is 4.74 Å². The number of benzene rings is 2. The van der Waals surface area contributed by atoms with Gasteiger partial charge in [-0.25, -0.2) is 0 Å². The molecule has 19 heavy (non-hydrogen) atoms. The highest BCUT2D eigenvalue weighted by Gasteiger charge is 1.97. The molecule has 0 aliphatic rings. The van der Waals surface area contributed by atoms with E-state index in [4.69, 9.17) is 4.74 Å². The summed E-state index contributed by atoms with van der Waals surface area (Å²) in [6.45, 7) is 4.57. The van der Waals surface area contributed by atoms with E-state index in [0.29, 0.717) is 0 Å². The molecule has 2 rings (SSSR count). The van der Waals surface area contributed by atoms with Gasteiger partial charge in [0.25, 0.3) is 0 Å². The second-order valence-corrected chi connectivity index (χ2v) is 4.48. The lowest BCUT2D eigenvalue weighted by Gasteiger charge is -2.08. The predicted molar refractivity (Wildman–Crippen MR) is 81.5 cm³/mol. The molecule has 0 fully saturated rings. The van der Waals surface area contributed by atoms with Gasteiger partial charge in [-0.3, -0.25) is 0 Å². The highest BCUT2D eigenvalue weighted by Crippen LogP contribution is 2.20. The fraction of sp³-hybridized carbons (Fsp3) is 0.294. The lowest BCUT2D eigenvalue weighted by atomic mass is 10.1. The summed E-state index contributed by atoms with van der Waals surface area (Å²) in [5.74, 6) is 0. The second kappa shape index (κ2) is 7.59. The summed E-state index contributed by atoms with van der Waals surface area (Å²) in [5.41, 5.74) is 3.63. The lowest BCUT2D eigenvalue weighted by Crippen LogP contribution is -2.09. The van der Waals surface area contributed by atoms with Crippen LogP contribution in [0.4, 0.5) is 5.69 Å². The molecule has 0 atom stereocenters. The van der Waals surface area contributed by atoms with Crippen molar-refractivity contribution in [2.45, 2.75) is 13.3 Å². The lowest BCUT2D eigenvalue weighted by molar-refractivity contribution is 0.144. The van der Waals surface area contributed by atoms with Crippen molar-refractivity contribution < 1.29 is 4.74 Å². The van der Waals surface area contributed by atoms with Gasteiger partial charge in [-0.15, -0.1) is 0 Å². The van der Waals surface area contributed by atoms with E-state index in [9.17, 15) is 0 Å². The standard InChI is InChI=1S/C17H21NO/c1-2-13-19-14-12-18-17-10-8-16(9-11-17)15-6-4-3-5-7-15/h3-11,18H,2,12-14H2,1H3. The third-order valence-corrected chi connectivity index (χ3v) is 2.92. The van der Waals surface area contributed by atoms with E-state index in [1.54, 1.807) is 0 Å². The fourth-order valence-corrected chi connectivity index (χ4v) is 1.93. The zero-order chi connectivity index (χ0) is 13.3. The van der Waals surface area contributed by atoms with Crippen molar-refractivity contribution in [3.63, 3.8) is 0 Å². The van der Waals surface area contributed by atoms with Crippen LogP contribution in [0.25, 0.3) is 11.1 Å². The molecule has 2 aromatic carbocycles. The number of anilines is 1. The molecule has 0 aliphatic carbocycles. The van der Waals surface area contributed by atoms with Crippen molar-refractivity contribution in [3.8, 4) is 11.1 Å². The Morgan fingerprint density at radius 1 is 0.842 bits per heavy atom. The third kappa shape index (κ3) is 4.42. The van der Waals surface area contributed by atoms with E-state index in [0.717, 1.165) is 31.9 Å². The fourth-order valence-electron chi connectivity index (χ4n) is 1.93. The van der Waals surface area contributed by atoms with Crippen molar-refractivity contribution in [2.24, 2.45) is 0 Å². The molecule has 0 bridgehead atoms. The Morgan fingerprint density at radius 2 is 1.53 bits per heavy atom. The van der Waals surface area contributed by atoms with E-state index in [2.05, 4.69) is 60.8 Å². The first-order chi connectivity index (χ1) is 9.40. The predicted octanol–water partition coefficient (Wildman–Crippen LogP) is 4.19. The Bertz CT molecular complexity index is 464. The van der Waals surface area contributed by atoms with Crippen LogP contribution in [-0.4, -0.2) is 19.8 Å². The number of hydrogen-bond acceptors (Lipinski definition) is 2. The molecule has 1 N–H and O–H groups in total. The normalized spacial score (nSPS) is 10.4. The maximum Gasteiger partial charge on any atom is 0.0639 e. The topological polar surface area (TPSA) is 21.3 Å². The maximum atomic E-state index is 5.44. The van der Waals surface area contributed by atoms with Crippen LogP contribution in [0.5, 0.6) is 0 Å². The largest absolute Gasteiger partial charge is 0.383 e. The Labute approximate surface area is 115 Å². The van der Waals surface area contributed by atoms with E-state index < -0.39 is 0 Å². The van der Waals surface area contributed by atoms with Crippen LogP contribution < -0.4 is 5.32 Å². The zero-order valence-electron chi connectivity index (χ0n) is 11.4. The average Bonchev–Trinajstić information content (AvgIpc) is 2.49. The molecule has 0 amide bonds. The van der Waals surface area contributed by atoms with Crippen molar-refractivity contribution in [3.05, 3.63) is 54.6 Å². The molecular formula is C17H21NO. The molecule has 0 spiro atoms. The van der Waals surface area contributed by atoms with Crippen molar-refractivity contribution in [1.82, 2.24) is 0 Å². The molecule has 0 aliphatic heterocycles. The van der Waals surface area contributed by atoms with Gasteiger partial charge >= 0.3 is 0 Å². The monoisotopic (exact) mass is 255 g/mol. The van der Waals surface area contributed by atoms with Gasteiger partial charge in [-0.05, 0) is 29.7 Å². The molecule has 0 heterocycles. The van der Waals surface area contributed by atoms with Crippen molar-refractivity contribution in [1.29, 1.82) is 0 Å². The molecular weight excluding hydrogens is 234 g/mol. The van der Waals surface area contributed by atoms with Gasteiger partial charge in [0.2, 0.25) is 0 Å². The summed E-state index contributed by atoms with van der Waals surface area (Å²) in [6, 6.07) is 18.9. The highest BCUT2D eigenvalue weighted by atomic mass is 16.5. The smallest absolute Gasteiger partial charge is 0.0639 e. The number of rotatable bonds is 7. The summed E-state index contributed by atoms with van der Waals surface area (Å²) in [6.07, 6.45) is 1.08. The van der Waals surface area contributed by atoms with Gasteiger partial charge in [0.15, 0.2) is 0 Å². The van der Waals surface area contributed by atoms with E-state index in [-0.39, 0.29) is 0 Å². The first-order valence-electron chi connectivity index (χ1n) is 6.87. The zero-order valence-corrected chi connectivity index (χ0v) is 11.4. The SMILES string of the molecule is CCCOCCNc1ccc(-c2ccccc2)cc1. The molecule has 0 saturated carbocycles. The first-order valence-corrected chi connectivity index (χ1v) is 6.87. The van der Waals surface area contributed by atoms with Gasteiger partial charge in [0, 0.05) is 18.8 Å². The molecule has 100 valence electrons. The van der Waals surface area contributed by atoms with E-state index in [1.807, 2.05) is 6.07 Å². The number of nitrogens with one attached hydrogen (secondary N) is 1. The minimum Gasteiger partial charge on any atom is -0.383 e. The number of hydrogen-bond donors (Lipinski definition) is 1. The van der Waals surface area contributed by atoms with Gasteiger partial charge in [0.05, 0.1) is 6.61 Å². The Kier molecular flexibility index (Phi) is 5.45. The summed E-state index contributed by atoms with van der Waals surface area (Å²) >= 11 is 0. The summed E-state index contributed by atoms with van der Waals surface area (Å²) in [4.78, 5) is 0. The highest BCUT2D eigenvalue weighted by molar-refractivity contribution is 5.65. The maximum absolute atomic E-state index is 5.44. The average molecular weight is 255 g/mol. The molecule has 2 heteroatoms. The number of ether oxygens (including phenoxy) is 1. The van der Waals surface area contributed by atoms with Crippen LogP contribution in [0.15, 0.2) is 54.6 Å². The molecule has 0 radical (unpaired) electrons. The minimum absolute atomic E-state index is 0.758. The summed E-state index contributed by atoms with van der Waals surface area (Å²) < 4.78 is 5.44. The van der Waals surface area contributed by atoms with Crippen molar-refractivity contribution >= 4 is 5.69 Å².